The van der Waals surface area contributed by atoms with Crippen molar-refractivity contribution in [3.05, 3.63) is 35.1 Å². The molecule has 2 aliphatic rings. The quantitative estimate of drug-likeness (QED) is 0.616. The van der Waals surface area contributed by atoms with Crippen LogP contribution < -0.4 is 10.6 Å². The maximum atomic E-state index is 13.8. The summed E-state index contributed by atoms with van der Waals surface area (Å²) in [6.45, 7) is 0. The number of nitrogens with two attached hydrogens (primary N) is 1. The van der Waals surface area contributed by atoms with E-state index in [-0.39, 0.29) is 35.9 Å². The van der Waals surface area contributed by atoms with E-state index in [0.717, 1.165) is 18.9 Å². The predicted molar refractivity (Wildman–Crippen MR) is 86.8 cm³/mol. The first kappa shape index (κ1) is 19.3. The van der Waals surface area contributed by atoms with Crippen LogP contribution in [0.15, 0.2) is 12.1 Å². The average molecular weight is 388 g/mol. The highest BCUT2D eigenvalue weighted by Gasteiger charge is 2.45. The van der Waals surface area contributed by atoms with Crippen LogP contribution in [-0.2, 0) is 15.8 Å². The van der Waals surface area contributed by atoms with Gasteiger partial charge in [-0.3, -0.25) is 4.79 Å². The normalized spacial score (nSPS) is 26.7. The highest BCUT2D eigenvalue weighted by molar-refractivity contribution is 7.37. The maximum absolute atomic E-state index is 13.8. The lowest BCUT2D eigenvalue weighted by atomic mass is 9.82. The summed E-state index contributed by atoms with van der Waals surface area (Å²) in [7, 11) is -2.77. The number of carbonyl (C=O) groups excluding carboxylic acids is 1. The van der Waals surface area contributed by atoms with Gasteiger partial charge < -0.3 is 15.5 Å². The van der Waals surface area contributed by atoms with Gasteiger partial charge in [-0.1, -0.05) is 4.57 Å². The minimum Gasteiger partial charge on any atom is -0.595 e. The lowest BCUT2D eigenvalue weighted by Gasteiger charge is -2.40. The Morgan fingerprint density at radius 3 is 2.35 bits per heavy atom. The van der Waals surface area contributed by atoms with Crippen LogP contribution in [0.1, 0.15) is 31.2 Å². The fourth-order valence-electron chi connectivity index (χ4n) is 4.31. The molecule has 5 nitrogen and oxygen atoms in total. The average Bonchev–Trinajstić information content (AvgIpc) is 2.82. The molecular weight excluding hydrogens is 368 g/mol. The molecule has 2 N–H and O–H groups in total. The van der Waals surface area contributed by atoms with Crippen molar-refractivity contribution in [2.75, 3.05) is 6.16 Å². The van der Waals surface area contributed by atoms with Crippen LogP contribution in [0.2, 0.25) is 0 Å². The van der Waals surface area contributed by atoms with Crippen LogP contribution in [0.3, 0.4) is 0 Å². The van der Waals surface area contributed by atoms with Crippen molar-refractivity contribution in [2.24, 2.45) is 11.7 Å². The summed E-state index contributed by atoms with van der Waals surface area (Å²) in [4.78, 5) is 24.6. The lowest BCUT2D eigenvalue weighted by Crippen LogP contribution is -2.51. The first-order valence-corrected chi connectivity index (χ1v) is 9.94. The molecule has 9 heteroatoms. The van der Waals surface area contributed by atoms with Crippen LogP contribution in [0, 0.1) is 23.4 Å². The lowest BCUT2D eigenvalue weighted by molar-refractivity contribution is -0.165. The molecule has 0 aromatic heterocycles. The predicted octanol–water partition coefficient (Wildman–Crippen LogP) is 1.85. The Morgan fingerprint density at radius 2 is 1.77 bits per heavy atom. The summed E-state index contributed by atoms with van der Waals surface area (Å²) in [6, 6.07) is 0.768. The summed E-state index contributed by atoms with van der Waals surface area (Å²) in [5.41, 5.74) is 6.24. The molecule has 1 aromatic rings. The summed E-state index contributed by atoms with van der Waals surface area (Å²) in [5, 5.41) is 0. The molecule has 5 atom stereocenters. The number of fused-ring (bicyclic) bond motifs is 2. The van der Waals surface area contributed by atoms with Crippen molar-refractivity contribution in [3.8, 4) is 0 Å². The monoisotopic (exact) mass is 388 g/mol. The summed E-state index contributed by atoms with van der Waals surface area (Å²) in [5.74, 6) is -3.55. The molecular formula is C17H20F3N2O3P. The van der Waals surface area contributed by atoms with E-state index < -0.39 is 37.7 Å². The Bertz CT molecular complexity index is 719. The number of piperidine rings is 1. The zero-order valence-electron chi connectivity index (χ0n) is 14.0. The number of carbonyl (C=O) groups is 1. The Balaban J connectivity index is 1.66. The highest BCUT2D eigenvalue weighted by Crippen LogP contribution is 2.40. The third-order valence-electron chi connectivity index (χ3n) is 5.47. The molecule has 26 heavy (non-hydrogen) atoms. The van der Waals surface area contributed by atoms with Gasteiger partial charge in [0.1, 0.15) is 5.82 Å². The van der Waals surface area contributed by atoms with Crippen molar-refractivity contribution < 1.29 is 27.4 Å². The number of hydrogen-bond acceptors (Lipinski definition) is 4. The van der Waals surface area contributed by atoms with Gasteiger partial charge in [0.25, 0.3) is 5.91 Å². The van der Waals surface area contributed by atoms with Crippen molar-refractivity contribution in [1.29, 1.82) is 0 Å². The summed E-state index contributed by atoms with van der Waals surface area (Å²) in [6.07, 6.45) is 2.37. The number of rotatable bonds is 5. The van der Waals surface area contributed by atoms with Gasteiger partial charge >= 0.3 is 8.03 Å². The second kappa shape index (κ2) is 7.62. The molecule has 3 rings (SSSR count). The summed E-state index contributed by atoms with van der Waals surface area (Å²) < 4.78 is 51.1. The van der Waals surface area contributed by atoms with Gasteiger partial charge in [-0.05, 0) is 49.7 Å². The zero-order chi connectivity index (χ0) is 19.0. The third kappa shape index (κ3) is 3.92. The fourth-order valence-corrected chi connectivity index (χ4v) is 4.69. The van der Waals surface area contributed by atoms with Crippen molar-refractivity contribution in [3.63, 3.8) is 0 Å². The second-order valence-electron chi connectivity index (χ2n) is 7.13. The Hall–Kier alpha value is -1.50. The minimum atomic E-state index is -2.77. The molecule has 2 aliphatic heterocycles. The minimum absolute atomic E-state index is 0.00470. The summed E-state index contributed by atoms with van der Waals surface area (Å²) >= 11 is 0. The molecule has 1 amide bonds. The number of halogens is 3. The van der Waals surface area contributed by atoms with Gasteiger partial charge in [0.15, 0.2) is 11.6 Å². The number of amides is 1. The molecule has 0 aliphatic carbocycles. The standard InChI is InChI=1S/C17H20F3N2O3P/c18-13-7-15(20)14(19)5-9(13)6-16(21)10-3-11-1-2-12(4-10)22(11)17(23)8-26(24)25/h5,7,10-12,16H,1-4,6,8,21H2/t10?,11-,12?,16?/m0/s1. The Kier molecular flexibility index (Phi) is 5.65. The van der Waals surface area contributed by atoms with Gasteiger partial charge in [-0.25, -0.2) is 13.2 Å². The molecule has 2 bridgehead atoms. The first-order chi connectivity index (χ1) is 12.3. The smallest absolute Gasteiger partial charge is 0.318 e. The van der Waals surface area contributed by atoms with Gasteiger partial charge in [-0.2, -0.15) is 0 Å². The highest BCUT2D eigenvalue weighted by atomic mass is 31.1. The Morgan fingerprint density at radius 1 is 1.19 bits per heavy atom. The van der Waals surface area contributed by atoms with Gasteiger partial charge in [0.05, 0.1) is 0 Å². The number of hydrogen-bond donors (Lipinski definition) is 1. The van der Waals surface area contributed by atoms with Crippen LogP contribution >= 0.6 is 8.03 Å². The van der Waals surface area contributed by atoms with Crippen molar-refractivity contribution in [1.82, 2.24) is 4.90 Å². The fraction of sp³-hybridized carbons (Fsp3) is 0.588. The van der Waals surface area contributed by atoms with Gasteiger partial charge in [0.2, 0.25) is 6.16 Å². The zero-order valence-corrected chi connectivity index (χ0v) is 14.9. The Labute approximate surface area is 150 Å². The molecule has 2 heterocycles. The molecule has 2 saturated heterocycles. The first-order valence-electron chi connectivity index (χ1n) is 8.58. The van der Waals surface area contributed by atoms with E-state index in [1.165, 1.54) is 0 Å². The maximum Gasteiger partial charge on any atom is 0.318 e. The van der Waals surface area contributed by atoms with E-state index in [2.05, 4.69) is 0 Å². The molecule has 0 saturated carbocycles. The molecule has 0 spiro atoms. The number of benzene rings is 1. The van der Waals surface area contributed by atoms with Crippen LogP contribution in [0.4, 0.5) is 13.2 Å². The van der Waals surface area contributed by atoms with Gasteiger partial charge in [-0.15, -0.1) is 0 Å². The molecule has 0 radical (unpaired) electrons. The van der Waals surface area contributed by atoms with Crippen LogP contribution in [0.5, 0.6) is 0 Å². The molecule has 2 fully saturated rings. The SMILES string of the molecule is NC(Cc1cc(F)c(F)cc1F)C1CC2CC[C@@H](C1)N2C(=O)C[P+](=O)[O-]. The molecule has 1 aromatic carbocycles. The van der Waals surface area contributed by atoms with E-state index >= 15 is 0 Å². The molecule has 4 unspecified atom stereocenters. The van der Waals surface area contributed by atoms with E-state index in [0.29, 0.717) is 18.9 Å². The second-order valence-corrected chi connectivity index (χ2v) is 8.12. The largest absolute Gasteiger partial charge is 0.595 e. The van der Waals surface area contributed by atoms with Crippen LogP contribution in [0.25, 0.3) is 0 Å². The number of nitrogens with zero attached hydrogens (tertiary/aromatic N) is 1. The van der Waals surface area contributed by atoms with E-state index in [1.807, 2.05) is 0 Å². The third-order valence-corrected chi connectivity index (χ3v) is 6.00. The van der Waals surface area contributed by atoms with E-state index in [9.17, 15) is 27.4 Å². The van der Waals surface area contributed by atoms with E-state index in [1.54, 1.807) is 4.90 Å². The van der Waals surface area contributed by atoms with E-state index in [4.69, 9.17) is 5.73 Å². The van der Waals surface area contributed by atoms with Crippen molar-refractivity contribution in [2.45, 2.75) is 50.2 Å². The van der Waals surface area contributed by atoms with Gasteiger partial charge in [0, 0.05) is 24.2 Å². The molecule has 142 valence electrons. The topological polar surface area (TPSA) is 86.5 Å². The van der Waals surface area contributed by atoms with Crippen molar-refractivity contribution >= 4 is 13.9 Å². The van der Waals surface area contributed by atoms with Crippen LogP contribution in [-0.4, -0.2) is 35.1 Å².